The normalized spacial score (nSPS) is 20.3. The van der Waals surface area contributed by atoms with Crippen LogP contribution in [0.15, 0.2) is 18.2 Å². The maximum absolute atomic E-state index is 12.4. The van der Waals surface area contributed by atoms with E-state index in [0.717, 1.165) is 30.9 Å². The maximum atomic E-state index is 12.4. The SMILES string of the molecule is COc1ccc(NC(=O)CC2CSCCN2)c(C(=O)NC2CC2)c1. The van der Waals surface area contributed by atoms with Gasteiger partial charge in [-0.2, -0.15) is 11.8 Å². The molecule has 2 aliphatic rings. The summed E-state index contributed by atoms with van der Waals surface area (Å²) in [5.41, 5.74) is 0.975. The van der Waals surface area contributed by atoms with Crippen molar-refractivity contribution in [2.24, 2.45) is 0 Å². The van der Waals surface area contributed by atoms with Crippen LogP contribution >= 0.6 is 11.8 Å². The van der Waals surface area contributed by atoms with E-state index in [1.807, 2.05) is 11.8 Å². The first-order valence-corrected chi connectivity index (χ1v) is 9.41. The molecule has 1 saturated heterocycles. The molecule has 6 nitrogen and oxygen atoms in total. The third-order valence-electron chi connectivity index (χ3n) is 4.09. The Morgan fingerprint density at radius 2 is 2.21 bits per heavy atom. The van der Waals surface area contributed by atoms with Crippen LogP contribution in [0.2, 0.25) is 0 Å². The van der Waals surface area contributed by atoms with Crippen LogP contribution in [-0.2, 0) is 4.79 Å². The van der Waals surface area contributed by atoms with E-state index < -0.39 is 0 Å². The highest BCUT2D eigenvalue weighted by molar-refractivity contribution is 7.99. The molecule has 2 fully saturated rings. The second kappa shape index (κ2) is 7.90. The third-order valence-corrected chi connectivity index (χ3v) is 5.22. The van der Waals surface area contributed by atoms with Crippen molar-refractivity contribution in [3.05, 3.63) is 23.8 Å². The summed E-state index contributed by atoms with van der Waals surface area (Å²) < 4.78 is 5.20. The zero-order valence-electron chi connectivity index (χ0n) is 13.8. The molecule has 1 aromatic rings. The van der Waals surface area contributed by atoms with Crippen LogP contribution in [0.3, 0.4) is 0 Å². The predicted octanol–water partition coefficient (Wildman–Crippen LogP) is 1.62. The summed E-state index contributed by atoms with van der Waals surface area (Å²) in [5, 5.41) is 9.18. The van der Waals surface area contributed by atoms with Gasteiger partial charge >= 0.3 is 0 Å². The van der Waals surface area contributed by atoms with Gasteiger partial charge in [-0.15, -0.1) is 0 Å². The summed E-state index contributed by atoms with van der Waals surface area (Å²) in [6, 6.07) is 5.59. The van der Waals surface area contributed by atoms with Gasteiger partial charge < -0.3 is 20.7 Å². The van der Waals surface area contributed by atoms with E-state index in [4.69, 9.17) is 4.74 Å². The van der Waals surface area contributed by atoms with Gasteiger partial charge in [0.1, 0.15) is 5.75 Å². The second-order valence-corrected chi connectivity index (χ2v) is 7.29. The number of benzene rings is 1. The molecule has 2 amide bonds. The molecule has 1 aliphatic carbocycles. The van der Waals surface area contributed by atoms with Crippen LogP contribution < -0.4 is 20.7 Å². The third kappa shape index (κ3) is 4.64. The van der Waals surface area contributed by atoms with Crippen molar-refractivity contribution in [2.75, 3.05) is 30.5 Å². The summed E-state index contributed by atoms with van der Waals surface area (Å²) in [4.78, 5) is 24.7. The molecule has 0 spiro atoms. The first-order valence-electron chi connectivity index (χ1n) is 8.25. The highest BCUT2D eigenvalue weighted by Gasteiger charge is 2.26. The molecule has 1 saturated carbocycles. The number of nitrogens with one attached hydrogen (secondary N) is 3. The van der Waals surface area contributed by atoms with Crippen LogP contribution in [-0.4, -0.2) is 49.1 Å². The van der Waals surface area contributed by atoms with Gasteiger partial charge in [-0.25, -0.2) is 0 Å². The molecular formula is C17H23N3O3S. The number of anilines is 1. The number of hydrogen-bond acceptors (Lipinski definition) is 5. The molecule has 7 heteroatoms. The Labute approximate surface area is 146 Å². The number of methoxy groups -OCH3 is 1. The Morgan fingerprint density at radius 3 is 2.88 bits per heavy atom. The van der Waals surface area contributed by atoms with Gasteiger partial charge in [-0.3, -0.25) is 9.59 Å². The first-order chi connectivity index (χ1) is 11.7. The fourth-order valence-corrected chi connectivity index (χ4v) is 3.56. The van der Waals surface area contributed by atoms with Crippen molar-refractivity contribution in [2.45, 2.75) is 31.3 Å². The van der Waals surface area contributed by atoms with Gasteiger partial charge in [0.15, 0.2) is 0 Å². The van der Waals surface area contributed by atoms with Crippen molar-refractivity contribution in [3.8, 4) is 5.75 Å². The number of thioether (sulfide) groups is 1. The molecule has 0 radical (unpaired) electrons. The minimum Gasteiger partial charge on any atom is -0.497 e. The van der Waals surface area contributed by atoms with E-state index in [1.54, 1.807) is 25.3 Å². The number of amides is 2. The number of ether oxygens (including phenoxy) is 1. The van der Waals surface area contributed by atoms with E-state index in [2.05, 4.69) is 16.0 Å². The lowest BCUT2D eigenvalue weighted by atomic mass is 10.1. The summed E-state index contributed by atoms with van der Waals surface area (Å²) >= 11 is 1.85. The molecule has 24 heavy (non-hydrogen) atoms. The van der Waals surface area contributed by atoms with Gasteiger partial charge in [-0.05, 0) is 31.0 Å². The van der Waals surface area contributed by atoms with Crippen LogP contribution in [0.4, 0.5) is 5.69 Å². The monoisotopic (exact) mass is 349 g/mol. The van der Waals surface area contributed by atoms with Gasteiger partial charge in [0, 0.05) is 36.6 Å². The molecule has 1 atom stereocenters. The molecule has 1 aliphatic heterocycles. The zero-order valence-corrected chi connectivity index (χ0v) is 14.6. The van der Waals surface area contributed by atoms with Crippen molar-refractivity contribution >= 4 is 29.3 Å². The van der Waals surface area contributed by atoms with E-state index in [9.17, 15) is 9.59 Å². The van der Waals surface area contributed by atoms with E-state index in [0.29, 0.717) is 23.4 Å². The number of carbonyl (C=O) groups is 2. The van der Waals surface area contributed by atoms with Gasteiger partial charge in [0.2, 0.25) is 5.91 Å². The molecular weight excluding hydrogens is 326 g/mol. The highest BCUT2D eigenvalue weighted by atomic mass is 32.2. The quantitative estimate of drug-likeness (QED) is 0.727. The average Bonchev–Trinajstić information content (AvgIpc) is 3.40. The van der Waals surface area contributed by atoms with Crippen molar-refractivity contribution in [1.82, 2.24) is 10.6 Å². The standard InChI is InChI=1S/C17H23N3O3S/c1-23-13-4-5-15(14(9-13)17(22)19-11-2-3-11)20-16(21)8-12-10-24-7-6-18-12/h4-5,9,11-12,18H,2-3,6-8,10H2,1H3,(H,19,22)(H,20,21). The van der Waals surface area contributed by atoms with Crippen LogP contribution in [0, 0.1) is 0 Å². The summed E-state index contributed by atoms with van der Waals surface area (Å²) in [6.07, 6.45) is 2.44. The first kappa shape index (κ1) is 17.1. The van der Waals surface area contributed by atoms with Crippen molar-refractivity contribution < 1.29 is 14.3 Å². The van der Waals surface area contributed by atoms with Gasteiger partial charge in [-0.1, -0.05) is 0 Å². The fraction of sp³-hybridized carbons (Fsp3) is 0.529. The minimum absolute atomic E-state index is 0.0827. The molecule has 0 aromatic heterocycles. The van der Waals surface area contributed by atoms with E-state index in [1.165, 1.54) is 0 Å². The number of hydrogen-bond donors (Lipinski definition) is 3. The summed E-state index contributed by atoms with van der Waals surface area (Å²) in [5.74, 6) is 2.37. The van der Waals surface area contributed by atoms with Crippen LogP contribution in [0.1, 0.15) is 29.6 Å². The summed E-state index contributed by atoms with van der Waals surface area (Å²) in [7, 11) is 1.56. The molecule has 1 unspecified atom stereocenters. The topological polar surface area (TPSA) is 79.5 Å². The molecule has 130 valence electrons. The fourth-order valence-electron chi connectivity index (χ4n) is 2.61. The molecule has 1 heterocycles. The molecule has 1 aromatic carbocycles. The second-order valence-electron chi connectivity index (χ2n) is 6.14. The Kier molecular flexibility index (Phi) is 5.63. The number of carbonyl (C=O) groups excluding carboxylic acids is 2. The minimum atomic E-state index is -0.168. The molecule has 3 rings (SSSR count). The van der Waals surface area contributed by atoms with Crippen LogP contribution in [0.25, 0.3) is 0 Å². The number of rotatable bonds is 6. The van der Waals surface area contributed by atoms with Gasteiger partial charge in [0.25, 0.3) is 5.91 Å². The smallest absolute Gasteiger partial charge is 0.253 e. The Morgan fingerprint density at radius 1 is 1.38 bits per heavy atom. The van der Waals surface area contributed by atoms with E-state index in [-0.39, 0.29) is 23.9 Å². The molecule has 3 N–H and O–H groups in total. The highest BCUT2D eigenvalue weighted by Crippen LogP contribution is 2.25. The molecule has 0 bridgehead atoms. The Balaban J connectivity index is 1.68. The zero-order chi connectivity index (χ0) is 16.9. The lowest BCUT2D eigenvalue weighted by Gasteiger charge is -2.22. The van der Waals surface area contributed by atoms with Crippen molar-refractivity contribution in [1.29, 1.82) is 0 Å². The van der Waals surface area contributed by atoms with E-state index >= 15 is 0 Å². The predicted molar refractivity (Wildman–Crippen MR) is 95.8 cm³/mol. The van der Waals surface area contributed by atoms with Crippen LogP contribution in [0.5, 0.6) is 5.75 Å². The van der Waals surface area contributed by atoms with Crippen molar-refractivity contribution in [3.63, 3.8) is 0 Å². The Bertz CT molecular complexity index is 613. The Hall–Kier alpha value is -1.73. The summed E-state index contributed by atoms with van der Waals surface area (Å²) in [6.45, 7) is 0.931. The maximum Gasteiger partial charge on any atom is 0.253 e. The van der Waals surface area contributed by atoms with Gasteiger partial charge in [0.05, 0.1) is 18.4 Å². The largest absolute Gasteiger partial charge is 0.497 e. The lowest BCUT2D eigenvalue weighted by Crippen LogP contribution is -2.40. The average molecular weight is 349 g/mol. The lowest BCUT2D eigenvalue weighted by molar-refractivity contribution is -0.116.